The SMILES string of the molecule is CCCCCCCCCCCCCC(=O)[O][Sn]([CH2]CCCCCCCCCCC)([O]C(=O)CCCCCCCCCCCCC)[O]C(=O)CCCCCCCCCCCCC. The number of hydrogen-bond acceptors (Lipinski definition) is 6. The third-order valence-electron chi connectivity index (χ3n) is 12.6. The van der Waals surface area contributed by atoms with Crippen LogP contribution in [-0.2, 0) is 23.6 Å². The molecule has 61 heavy (non-hydrogen) atoms. The number of carbonyl (C=O) groups is 3. The van der Waals surface area contributed by atoms with Crippen LogP contribution in [0.4, 0.5) is 0 Å². The van der Waals surface area contributed by atoms with Crippen LogP contribution in [0.3, 0.4) is 0 Å². The number of rotatable bonds is 50. The summed E-state index contributed by atoms with van der Waals surface area (Å²) >= 11 is -4.92. The molecule has 0 aromatic carbocycles. The average Bonchev–Trinajstić information content (AvgIpc) is 3.24. The summed E-state index contributed by atoms with van der Waals surface area (Å²) in [6, 6.07) is 0. The van der Waals surface area contributed by atoms with Crippen molar-refractivity contribution in [2.45, 2.75) is 327 Å². The first kappa shape index (κ1) is 60.2. The van der Waals surface area contributed by atoms with Crippen LogP contribution in [0.25, 0.3) is 0 Å². The van der Waals surface area contributed by atoms with Crippen molar-refractivity contribution >= 4 is 37.5 Å². The Balaban J connectivity index is 5.33. The first-order chi connectivity index (χ1) is 29.9. The van der Waals surface area contributed by atoms with Crippen molar-refractivity contribution in [2.24, 2.45) is 0 Å². The van der Waals surface area contributed by atoms with E-state index in [1.165, 1.54) is 199 Å². The van der Waals surface area contributed by atoms with E-state index in [4.69, 9.17) is 9.22 Å². The van der Waals surface area contributed by atoms with Gasteiger partial charge in [-0.05, 0) is 0 Å². The smallest absolute Gasteiger partial charge is 0.0654 e. The molecular formula is C54H106O6Sn. The molecule has 6 nitrogen and oxygen atoms in total. The Kier molecular flexibility index (Phi) is 48.0. The average molecular weight is 970 g/mol. The number of hydrogen-bond donors (Lipinski definition) is 0. The van der Waals surface area contributed by atoms with E-state index in [0.717, 1.165) is 77.0 Å². The molecule has 0 heterocycles. The summed E-state index contributed by atoms with van der Waals surface area (Å²) in [5.41, 5.74) is 0. The van der Waals surface area contributed by atoms with Gasteiger partial charge >= 0.3 is 329 Å². The molecule has 0 aromatic rings. The van der Waals surface area contributed by atoms with Gasteiger partial charge in [0.25, 0.3) is 0 Å². The van der Waals surface area contributed by atoms with E-state index in [1.807, 2.05) is 0 Å². The topological polar surface area (TPSA) is 78.9 Å². The summed E-state index contributed by atoms with van der Waals surface area (Å²) in [5.74, 6) is -1.03. The van der Waals surface area contributed by atoms with Gasteiger partial charge < -0.3 is 0 Å². The van der Waals surface area contributed by atoms with Crippen LogP contribution in [-0.4, -0.2) is 37.5 Å². The third kappa shape index (κ3) is 44.2. The molecule has 0 N–H and O–H groups in total. The first-order valence-electron chi connectivity index (χ1n) is 27.6. The summed E-state index contributed by atoms with van der Waals surface area (Å²) in [6.45, 7) is 9.04. The van der Waals surface area contributed by atoms with Gasteiger partial charge in [-0.25, -0.2) is 0 Å². The van der Waals surface area contributed by atoms with Gasteiger partial charge in [-0.15, -0.1) is 0 Å². The number of unbranched alkanes of at least 4 members (excludes halogenated alkanes) is 39. The van der Waals surface area contributed by atoms with Gasteiger partial charge in [0.15, 0.2) is 0 Å². The summed E-state index contributed by atoms with van der Waals surface area (Å²) in [6.07, 6.45) is 52.6. The van der Waals surface area contributed by atoms with E-state index < -0.39 is 19.6 Å². The van der Waals surface area contributed by atoms with Crippen LogP contribution in [0.15, 0.2) is 0 Å². The molecule has 0 rings (SSSR count). The minimum absolute atomic E-state index is 0.292. The minimum Gasteiger partial charge on any atom is -0.0654 e. The van der Waals surface area contributed by atoms with Crippen LogP contribution in [0.1, 0.15) is 323 Å². The molecule has 0 aliphatic heterocycles. The quantitative estimate of drug-likeness (QED) is 0.0446. The fourth-order valence-electron chi connectivity index (χ4n) is 8.52. The molecule has 0 unspecified atom stereocenters. The van der Waals surface area contributed by atoms with Crippen LogP contribution in [0.2, 0.25) is 4.44 Å². The summed E-state index contributed by atoms with van der Waals surface area (Å²) in [4.78, 5) is 40.6. The van der Waals surface area contributed by atoms with E-state index in [1.54, 1.807) is 0 Å². The first-order valence-corrected chi connectivity index (χ1v) is 33.1. The van der Waals surface area contributed by atoms with Gasteiger partial charge in [0, 0.05) is 0 Å². The molecule has 0 amide bonds. The molecule has 0 fully saturated rings. The molecule has 0 saturated carbocycles. The van der Waals surface area contributed by atoms with Gasteiger partial charge in [-0.3, -0.25) is 0 Å². The number of carbonyl (C=O) groups excluding carboxylic acids is 3. The normalized spacial score (nSPS) is 11.6. The fraction of sp³-hybridized carbons (Fsp3) is 0.944. The monoisotopic (exact) mass is 971 g/mol. The molecule has 0 aromatic heterocycles. The zero-order chi connectivity index (χ0) is 44.6. The van der Waals surface area contributed by atoms with Crippen LogP contribution in [0.5, 0.6) is 0 Å². The van der Waals surface area contributed by atoms with Crippen molar-refractivity contribution < 1.29 is 23.6 Å². The zero-order valence-electron chi connectivity index (χ0n) is 41.7. The predicted molar refractivity (Wildman–Crippen MR) is 264 cm³/mol. The molecule has 0 saturated heterocycles. The fourth-order valence-corrected chi connectivity index (χ4v) is 15.5. The van der Waals surface area contributed by atoms with Gasteiger partial charge in [0.2, 0.25) is 0 Å². The minimum atomic E-state index is -4.92. The van der Waals surface area contributed by atoms with Crippen LogP contribution < -0.4 is 0 Å². The Morgan fingerprint density at radius 1 is 0.246 bits per heavy atom. The maximum atomic E-state index is 13.5. The Morgan fingerprint density at radius 3 is 0.607 bits per heavy atom. The van der Waals surface area contributed by atoms with Crippen molar-refractivity contribution in [1.82, 2.24) is 0 Å². The van der Waals surface area contributed by atoms with Gasteiger partial charge in [-0.1, -0.05) is 59.3 Å². The van der Waals surface area contributed by atoms with Crippen LogP contribution in [0, 0.1) is 0 Å². The van der Waals surface area contributed by atoms with E-state index in [-0.39, 0.29) is 17.9 Å². The Labute approximate surface area is 386 Å². The van der Waals surface area contributed by atoms with Gasteiger partial charge in [0.1, 0.15) is 0 Å². The molecular weight excluding hydrogens is 863 g/mol. The van der Waals surface area contributed by atoms with Crippen molar-refractivity contribution in [3.63, 3.8) is 0 Å². The van der Waals surface area contributed by atoms with Gasteiger partial charge in [0.05, 0.1) is 0 Å². The second-order valence-corrected chi connectivity index (χ2v) is 26.0. The van der Waals surface area contributed by atoms with E-state index >= 15 is 0 Å². The third-order valence-corrected chi connectivity index (χ3v) is 20.0. The maximum absolute atomic E-state index is 13.5. The second-order valence-electron chi connectivity index (χ2n) is 18.9. The molecule has 0 atom stereocenters. The molecule has 0 bridgehead atoms. The summed E-state index contributed by atoms with van der Waals surface area (Å²) in [7, 11) is 0. The molecule has 362 valence electrons. The van der Waals surface area contributed by atoms with E-state index in [9.17, 15) is 14.4 Å². The Bertz CT molecular complexity index is 843. The molecule has 7 heteroatoms. The molecule has 0 aliphatic rings. The Hall–Kier alpha value is -0.791. The van der Waals surface area contributed by atoms with E-state index in [2.05, 4.69) is 27.7 Å². The molecule has 0 radical (unpaired) electrons. The molecule has 0 aliphatic carbocycles. The molecule has 0 spiro atoms. The van der Waals surface area contributed by atoms with E-state index in [0.29, 0.717) is 23.7 Å². The van der Waals surface area contributed by atoms with Crippen molar-refractivity contribution in [3.05, 3.63) is 0 Å². The predicted octanol–water partition coefficient (Wildman–Crippen LogP) is 18.6. The van der Waals surface area contributed by atoms with Crippen molar-refractivity contribution in [1.29, 1.82) is 0 Å². The van der Waals surface area contributed by atoms with Crippen LogP contribution >= 0.6 is 0 Å². The standard InChI is InChI=1S/3C14H28O2.C12H25.Sn/c3*1-2-3-4-5-6-7-8-9-10-11-12-13-14(15)16;1-3-5-7-9-11-12-10-8-6-4-2;/h3*2-13H2,1H3,(H,15,16);1,3-12H2,2H3;/q;;;;+3/p-3. The zero-order valence-corrected chi connectivity index (χ0v) is 44.5. The second kappa shape index (κ2) is 48.7. The van der Waals surface area contributed by atoms with Crippen molar-refractivity contribution in [3.8, 4) is 0 Å². The summed E-state index contributed by atoms with van der Waals surface area (Å²) < 4.78 is 19.2. The Morgan fingerprint density at radius 2 is 0.410 bits per heavy atom. The van der Waals surface area contributed by atoms with Gasteiger partial charge in [-0.2, -0.15) is 0 Å². The van der Waals surface area contributed by atoms with Crippen molar-refractivity contribution in [2.75, 3.05) is 0 Å². The summed E-state index contributed by atoms with van der Waals surface area (Å²) in [5, 5.41) is 0.